The molecular formula is C10H15NO2S. The monoisotopic (exact) mass is 213 g/mol. The summed E-state index contributed by atoms with van der Waals surface area (Å²) < 4.78 is 16.8. The molecule has 3 nitrogen and oxygen atoms in total. The molecule has 2 N–H and O–H groups in total. The highest BCUT2D eigenvalue weighted by atomic mass is 32.2. The van der Waals surface area contributed by atoms with Gasteiger partial charge in [0.2, 0.25) is 0 Å². The van der Waals surface area contributed by atoms with E-state index in [4.69, 9.17) is 10.5 Å². The van der Waals surface area contributed by atoms with Crippen LogP contribution < -0.4 is 5.73 Å². The summed E-state index contributed by atoms with van der Waals surface area (Å²) in [5, 5.41) is 0. The molecule has 0 aliphatic carbocycles. The Balaban J connectivity index is 2.48. The van der Waals surface area contributed by atoms with Crippen molar-refractivity contribution in [2.45, 2.75) is 11.8 Å². The number of hydrogen-bond donors (Lipinski definition) is 1. The minimum Gasteiger partial charge on any atom is -0.399 e. The van der Waals surface area contributed by atoms with Crippen LogP contribution in [0.2, 0.25) is 0 Å². The Hall–Kier alpha value is -0.870. The van der Waals surface area contributed by atoms with Gasteiger partial charge in [0.1, 0.15) is 0 Å². The van der Waals surface area contributed by atoms with Crippen LogP contribution in [0.1, 0.15) is 6.92 Å². The van der Waals surface area contributed by atoms with Gasteiger partial charge in [-0.1, -0.05) is 0 Å². The summed E-state index contributed by atoms with van der Waals surface area (Å²) in [5.41, 5.74) is 6.22. The predicted molar refractivity (Wildman–Crippen MR) is 58.6 cm³/mol. The topological polar surface area (TPSA) is 52.3 Å². The first-order valence-electron chi connectivity index (χ1n) is 4.55. The fourth-order valence-electron chi connectivity index (χ4n) is 1.02. The van der Waals surface area contributed by atoms with Crippen LogP contribution in [0.4, 0.5) is 5.69 Å². The van der Waals surface area contributed by atoms with Crippen molar-refractivity contribution in [3.05, 3.63) is 24.3 Å². The van der Waals surface area contributed by atoms with Crippen molar-refractivity contribution in [2.24, 2.45) is 0 Å². The van der Waals surface area contributed by atoms with E-state index in [9.17, 15) is 4.21 Å². The van der Waals surface area contributed by atoms with Crippen molar-refractivity contribution >= 4 is 16.5 Å². The summed E-state index contributed by atoms with van der Waals surface area (Å²) in [6.07, 6.45) is 0. The van der Waals surface area contributed by atoms with E-state index in [1.54, 1.807) is 24.3 Å². The number of rotatable bonds is 5. The standard InChI is InChI=1S/C10H15NO2S/c1-2-13-7-8-14(12)10-5-3-9(11)4-6-10/h3-6H,2,7-8,11H2,1H3. The van der Waals surface area contributed by atoms with E-state index >= 15 is 0 Å². The molecule has 0 amide bonds. The van der Waals surface area contributed by atoms with Crippen LogP contribution in [0.3, 0.4) is 0 Å². The fraction of sp³-hybridized carbons (Fsp3) is 0.400. The lowest BCUT2D eigenvalue weighted by molar-refractivity contribution is 0.164. The third-order valence-electron chi connectivity index (χ3n) is 1.76. The molecule has 0 saturated heterocycles. The van der Waals surface area contributed by atoms with Gasteiger partial charge in [0.15, 0.2) is 0 Å². The quantitative estimate of drug-likeness (QED) is 0.594. The van der Waals surface area contributed by atoms with E-state index < -0.39 is 10.8 Å². The second-order valence-corrected chi connectivity index (χ2v) is 4.39. The number of ether oxygens (including phenoxy) is 1. The molecule has 0 bridgehead atoms. The van der Waals surface area contributed by atoms with E-state index in [0.29, 0.717) is 24.7 Å². The van der Waals surface area contributed by atoms with Crippen molar-refractivity contribution in [1.82, 2.24) is 0 Å². The number of hydrogen-bond acceptors (Lipinski definition) is 3. The summed E-state index contributed by atoms with van der Waals surface area (Å²) in [6, 6.07) is 7.09. The third-order valence-corrected chi connectivity index (χ3v) is 3.10. The van der Waals surface area contributed by atoms with Crippen LogP contribution in [0, 0.1) is 0 Å². The average Bonchev–Trinajstić information content (AvgIpc) is 2.19. The maximum absolute atomic E-state index is 11.6. The highest BCUT2D eigenvalue weighted by molar-refractivity contribution is 7.85. The van der Waals surface area contributed by atoms with Crippen molar-refractivity contribution in [1.29, 1.82) is 0 Å². The largest absolute Gasteiger partial charge is 0.399 e. The van der Waals surface area contributed by atoms with E-state index in [1.165, 1.54) is 0 Å². The van der Waals surface area contributed by atoms with Gasteiger partial charge in [0.05, 0.1) is 23.2 Å². The van der Waals surface area contributed by atoms with Crippen molar-refractivity contribution in [2.75, 3.05) is 24.7 Å². The molecule has 0 aliphatic heterocycles. The van der Waals surface area contributed by atoms with Crippen LogP contribution in [0.5, 0.6) is 0 Å². The van der Waals surface area contributed by atoms with Gasteiger partial charge in [-0.25, -0.2) is 0 Å². The normalized spacial score (nSPS) is 12.6. The van der Waals surface area contributed by atoms with Crippen LogP contribution >= 0.6 is 0 Å². The van der Waals surface area contributed by atoms with Gasteiger partial charge in [0, 0.05) is 17.2 Å². The molecule has 4 heteroatoms. The molecule has 1 aromatic carbocycles. The zero-order chi connectivity index (χ0) is 10.4. The van der Waals surface area contributed by atoms with Gasteiger partial charge >= 0.3 is 0 Å². The van der Waals surface area contributed by atoms with Gasteiger partial charge in [-0.2, -0.15) is 0 Å². The molecule has 1 atom stereocenters. The second kappa shape index (κ2) is 5.78. The Morgan fingerprint density at radius 1 is 1.36 bits per heavy atom. The molecule has 0 aliphatic rings. The van der Waals surface area contributed by atoms with Crippen molar-refractivity contribution in [3.63, 3.8) is 0 Å². The lowest BCUT2D eigenvalue weighted by atomic mass is 10.3. The zero-order valence-corrected chi connectivity index (χ0v) is 9.05. The first kappa shape index (κ1) is 11.2. The van der Waals surface area contributed by atoms with E-state index in [1.807, 2.05) is 6.92 Å². The van der Waals surface area contributed by atoms with Gasteiger partial charge in [-0.15, -0.1) is 0 Å². The van der Waals surface area contributed by atoms with Gasteiger partial charge in [-0.05, 0) is 31.2 Å². The fourth-order valence-corrected chi connectivity index (χ4v) is 1.96. The molecule has 0 fully saturated rings. The summed E-state index contributed by atoms with van der Waals surface area (Å²) >= 11 is 0. The maximum Gasteiger partial charge on any atom is 0.0585 e. The first-order chi connectivity index (χ1) is 6.74. The molecule has 1 unspecified atom stereocenters. The van der Waals surface area contributed by atoms with Gasteiger partial charge in [0.25, 0.3) is 0 Å². The van der Waals surface area contributed by atoms with Crippen LogP contribution in [0.25, 0.3) is 0 Å². The molecule has 14 heavy (non-hydrogen) atoms. The smallest absolute Gasteiger partial charge is 0.0585 e. The number of nitrogens with two attached hydrogens (primary N) is 1. The lowest BCUT2D eigenvalue weighted by Crippen LogP contribution is -2.06. The number of benzene rings is 1. The summed E-state index contributed by atoms with van der Waals surface area (Å²) in [7, 11) is -0.974. The van der Waals surface area contributed by atoms with Gasteiger partial charge < -0.3 is 10.5 Å². The molecule has 0 heterocycles. The average molecular weight is 213 g/mol. The minimum atomic E-state index is -0.974. The molecule has 0 saturated carbocycles. The van der Waals surface area contributed by atoms with Crippen LogP contribution in [0.15, 0.2) is 29.2 Å². The maximum atomic E-state index is 11.6. The van der Waals surface area contributed by atoms with Crippen molar-refractivity contribution < 1.29 is 8.95 Å². The minimum absolute atomic E-state index is 0.535. The predicted octanol–water partition coefficient (Wildman–Crippen LogP) is 1.41. The summed E-state index contributed by atoms with van der Waals surface area (Å²) in [5.74, 6) is 0.539. The summed E-state index contributed by atoms with van der Waals surface area (Å²) in [6.45, 7) is 3.12. The number of nitrogen functional groups attached to an aromatic ring is 1. The lowest BCUT2D eigenvalue weighted by Gasteiger charge is -2.02. The Labute approximate surface area is 86.7 Å². The molecule has 78 valence electrons. The molecule has 1 aromatic rings. The third kappa shape index (κ3) is 3.47. The number of anilines is 1. The molecular weight excluding hydrogens is 198 g/mol. The molecule has 0 spiro atoms. The first-order valence-corrected chi connectivity index (χ1v) is 5.87. The Morgan fingerprint density at radius 3 is 2.57 bits per heavy atom. The zero-order valence-electron chi connectivity index (χ0n) is 8.23. The SMILES string of the molecule is CCOCCS(=O)c1ccc(N)cc1. The molecule has 0 aromatic heterocycles. The van der Waals surface area contributed by atoms with Crippen LogP contribution in [-0.4, -0.2) is 23.2 Å². The highest BCUT2D eigenvalue weighted by Crippen LogP contribution is 2.09. The Morgan fingerprint density at radius 2 is 2.00 bits per heavy atom. The van der Waals surface area contributed by atoms with E-state index in [0.717, 1.165) is 4.90 Å². The Bertz CT molecular complexity index is 297. The van der Waals surface area contributed by atoms with Crippen molar-refractivity contribution in [3.8, 4) is 0 Å². The second-order valence-electron chi connectivity index (χ2n) is 2.82. The van der Waals surface area contributed by atoms with E-state index in [2.05, 4.69) is 0 Å². The molecule has 0 radical (unpaired) electrons. The summed E-state index contributed by atoms with van der Waals surface area (Å²) in [4.78, 5) is 0.805. The van der Waals surface area contributed by atoms with E-state index in [-0.39, 0.29) is 0 Å². The highest BCUT2D eigenvalue weighted by Gasteiger charge is 2.02. The van der Waals surface area contributed by atoms with Crippen LogP contribution in [-0.2, 0) is 15.5 Å². The Kier molecular flexibility index (Phi) is 4.62. The molecule has 1 rings (SSSR count). The van der Waals surface area contributed by atoms with Gasteiger partial charge in [-0.3, -0.25) is 4.21 Å².